The van der Waals surface area contributed by atoms with E-state index in [4.69, 9.17) is 0 Å². The molecule has 1 aliphatic heterocycles. The van der Waals surface area contributed by atoms with E-state index in [1.807, 2.05) is 26.8 Å². The highest BCUT2D eigenvalue weighted by Gasteiger charge is 2.18. The van der Waals surface area contributed by atoms with E-state index >= 15 is 0 Å². The number of halogens is 1. The second kappa shape index (κ2) is 7.23. The molecule has 0 radical (unpaired) electrons. The fourth-order valence-corrected chi connectivity index (χ4v) is 2.77. The van der Waals surface area contributed by atoms with E-state index in [2.05, 4.69) is 10.2 Å². The molecule has 0 aromatic heterocycles. The average Bonchev–Trinajstić information content (AvgIpc) is 2.47. The van der Waals surface area contributed by atoms with Gasteiger partial charge in [-0.25, -0.2) is 4.39 Å². The standard InChI is InChI=1S/C18H27FN2O/c1-18(2,3)14-7-8-15(16(19)13-14)17(22)20-9-12-21-10-5-4-6-11-21/h7-8,13H,4-6,9-12H2,1-3H3,(H,20,22). The number of nitrogens with one attached hydrogen (secondary N) is 1. The number of nitrogens with zero attached hydrogens (tertiary/aromatic N) is 1. The number of carbonyl (C=O) groups is 1. The third kappa shape index (κ3) is 4.54. The number of piperidine rings is 1. The third-order valence-corrected chi connectivity index (χ3v) is 4.24. The minimum Gasteiger partial charge on any atom is -0.351 e. The van der Waals surface area contributed by atoms with Crippen molar-refractivity contribution in [1.82, 2.24) is 10.2 Å². The van der Waals surface area contributed by atoms with Crippen molar-refractivity contribution >= 4 is 5.91 Å². The Bertz CT molecular complexity index is 516. The van der Waals surface area contributed by atoms with Crippen LogP contribution in [-0.4, -0.2) is 37.0 Å². The third-order valence-electron chi connectivity index (χ3n) is 4.24. The van der Waals surface area contributed by atoms with E-state index in [1.54, 1.807) is 6.07 Å². The SMILES string of the molecule is CC(C)(C)c1ccc(C(=O)NCCN2CCCCC2)c(F)c1. The first-order chi connectivity index (χ1) is 10.4. The lowest BCUT2D eigenvalue weighted by molar-refractivity contribution is 0.0942. The van der Waals surface area contributed by atoms with Gasteiger partial charge in [0.05, 0.1) is 5.56 Å². The number of benzene rings is 1. The fraction of sp³-hybridized carbons (Fsp3) is 0.611. The number of hydrogen-bond acceptors (Lipinski definition) is 2. The van der Waals surface area contributed by atoms with Crippen LogP contribution in [0.5, 0.6) is 0 Å². The van der Waals surface area contributed by atoms with Crippen molar-refractivity contribution in [3.63, 3.8) is 0 Å². The van der Waals surface area contributed by atoms with Crippen LogP contribution in [-0.2, 0) is 5.41 Å². The van der Waals surface area contributed by atoms with Crippen LogP contribution in [0, 0.1) is 5.82 Å². The monoisotopic (exact) mass is 306 g/mol. The highest BCUT2D eigenvalue weighted by atomic mass is 19.1. The minimum absolute atomic E-state index is 0.121. The smallest absolute Gasteiger partial charge is 0.254 e. The maximum atomic E-state index is 14.1. The Labute approximate surface area is 132 Å². The van der Waals surface area contributed by atoms with E-state index in [1.165, 1.54) is 25.3 Å². The summed E-state index contributed by atoms with van der Waals surface area (Å²) in [6.07, 6.45) is 3.77. The molecule has 1 heterocycles. The summed E-state index contributed by atoms with van der Waals surface area (Å²) >= 11 is 0. The molecule has 4 heteroatoms. The number of likely N-dealkylation sites (tertiary alicyclic amines) is 1. The average molecular weight is 306 g/mol. The van der Waals surface area contributed by atoms with Crippen molar-refractivity contribution < 1.29 is 9.18 Å². The summed E-state index contributed by atoms with van der Waals surface area (Å²) < 4.78 is 14.1. The topological polar surface area (TPSA) is 32.3 Å². The van der Waals surface area contributed by atoms with Gasteiger partial charge >= 0.3 is 0 Å². The molecular weight excluding hydrogens is 279 g/mol. The summed E-state index contributed by atoms with van der Waals surface area (Å²) in [6, 6.07) is 4.90. The van der Waals surface area contributed by atoms with Crippen LogP contribution >= 0.6 is 0 Å². The summed E-state index contributed by atoms with van der Waals surface area (Å²) in [5.41, 5.74) is 0.908. The van der Waals surface area contributed by atoms with E-state index < -0.39 is 5.82 Å². The Kier molecular flexibility index (Phi) is 5.57. The Hall–Kier alpha value is -1.42. The second-order valence-corrected chi connectivity index (χ2v) is 7.10. The van der Waals surface area contributed by atoms with E-state index in [0.717, 1.165) is 25.2 Å². The molecule has 3 nitrogen and oxygen atoms in total. The molecule has 1 aromatic carbocycles. The summed E-state index contributed by atoms with van der Waals surface area (Å²) in [4.78, 5) is 14.4. The van der Waals surface area contributed by atoms with Crippen LogP contribution in [0.25, 0.3) is 0 Å². The number of hydrogen-bond donors (Lipinski definition) is 1. The van der Waals surface area contributed by atoms with Gasteiger partial charge in [-0.1, -0.05) is 33.3 Å². The molecule has 0 bridgehead atoms. The van der Waals surface area contributed by atoms with Crippen molar-refractivity contribution in [3.05, 3.63) is 35.1 Å². The normalized spacial score (nSPS) is 16.5. The molecule has 0 spiro atoms. The molecule has 1 fully saturated rings. The van der Waals surface area contributed by atoms with Gasteiger partial charge < -0.3 is 10.2 Å². The molecule has 1 aliphatic rings. The lowest BCUT2D eigenvalue weighted by Gasteiger charge is -2.26. The number of amides is 1. The summed E-state index contributed by atoms with van der Waals surface area (Å²) in [5, 5.41) is 2.82. The maximum absolute atomic E-state index is 14.1. The van der Waals surface area contributed by atoms with E-state index in [0.29, 0.717) is 6.54 Å². The van der Waals surface area contributed by atoms with Gasteiger partial charge in [0.25, 0.3) is 5.91 Å². The number of rotatable bonds is 4. The van der Waals surface area contributed by atoms with Crippen molar-refractivity contribution in [3.8, 4) is 0 Å². The van der Waals surface area contributed by atoms with Crippen molar-refractivity contribution in [1.29, 1.82) is 0 Å². The molecule has 0 unspecified atom stereocenters. The van der Waals surface area contributed by atoms with Crippen LogP contribution in [0.15, 0.2) is 18.2 Å². The highest BCUT2D eigenvalue weighted by Crippen LogP contribution is 2.24. The second-order valence-electron chi connectivity index (χ2n) is 7.10. The van der Waals surface area contributed by atoms with Gasteiger partial charge in [-0.2, -0.15) is 0 Å². The zero-order chi connectivity index (χ0) is 16.2. The largest absolute Gasteiger partial charge is 0.351 e. The van der Waals surface area contributed by atoms with Crippen LogP contribution < -0.4 is 5.32 Å². The molecule has 122 valence electrons. The molecule has 1 aromatic rings. The maximum Gasteiger partial charge on any atom is 0.254 e. The molecular formula is C18H27FN2O. The van der Waals surface area contributed by atoms with Gasteiger partial charge in [0.15, 0.2) is 0 Å². The Morgan fingerprint density at radius 3 is 2.50 bits per heavy atom. The zero-order valence-electron chi connectivity index (χ0n) is 13.9. The number of carbonyl (C=O) groups excluding carboxylic acids is 1. The Balaban J connectivity index is 1.89. The molecule has 22 heavy (non-hydrogen) atoms. The lowest BCUT2D eigenvalue weighted by Crippen LogP contribution is -2.37. The van der Waals surface area contributed by atoms with Gasteiger partial charge in [0, 0.05) is 13.1 Å². The summed E-state index contributed by atoms with van der Waals surface area (Å²) in [5.74, 6) is -0.766. The Morgan fingerprint density at radius 2 is 1.91 bits per heavy atom. The minimum atomic E-state index is -0.442. The zero-order valence-corrected chi connectivity index (χ0v) is 13.9. The van der Waals surface area contributed by atoms with Gasteiger partial charge in [-0.15, -0.1) is 0 Å². The summed E-state index contributed by atoms with van der Waals surface area (Å²) in [7, 11) is 0. The van der Waals surface area contributed by atoms with Crippen molar-refractivity contribution in [2.24, 2.45) is 0 Å². The quantitative estimate of drug-likeness (QED) is 0.925. The molecule has 1 amide bonds. The van der Waals surface area contributed by atoms with Crippen LogP contribution in [0.2, 0.25) is 0 Å². The first-order valence-corrected chi connectivity index (χ1v) is 8.18. The van der Waals surface area contributed by atoms with Crippen molar-refractivity contribution in [2.45, 2.75) is 45.4 Å². The molecule has 0 saturated carbocycles. The van der Waals surface area contributed by atoms with Crippen molar-refractivity contribution in [2.75, 3.05) is 26.2 Å². The Morgan fingerprint density at radius 1 is 1.23 bits per heavy atom. The first kappa shape index (κ1) is 16.9. The van der Waals surface area contributed by atoms with Gasteiger partial charge in [-0.3, -0.25) is 4.79 Å². The van der Waals surface area contributed by atoms with Gasteiger partial charge in [0.1, 0.15) is 5.82 Å². The molecule has 0 aliphatic carbocycles. The van der Waals surface area contributed by atoms with E-state index in [9.17, 15) is 9.18 Å². The molecule has 1 N–H and O–H groups in total. The van der Waals surface area contributed by atoms with Crippen LogP contribution in [0.4, 0.5) is 4.39 Å². The van der Waals surface area contributed by atoms with Gasteiger partial charge in [-0.05, 0) is 49.0 Å². The van der Waals surface area contributed by atoms with E-state index in [-0.39, 0.29) is 16.9 Å². The predicted molar refractivity (Wildman–Crippen MR) is 87.7 cm³/mol. The fourth-order valence-electron chi connectivity index (χ4n) is 2.77. The lowest BCUT2D eigenvalue weighted by atomic mass is 9.86. The first-order valence-electron chi connectivity index (χ1n) is 8.18. The van der Waals surface area contributed by atoms with Gasteiger partial charge in [0.2, 0.25) is 0 Å². The summed E-state index contributed by atoms with van der Waals surface area (Å²) in [6.45, 7) is 9.70. The molecule has 1 saturated heterocycles. The molecule has 2 rings (SSSR count). The highest BCUT2D eigenvalue weighted by molar-refractivity contribution is 5.94. The van der Waals surface area contributed by atoms with Crippen LogP contribution in [0.3, 0.4) is 0 Å². The molecule has 0 atom stereocenters. The predicted octanol–water partition coefficient (Wildman–Crippen LogP) is 3.34. The van der Waals surface area contributed by atoms with Crippen LogP contribution in [0.1, 0.15) is 56.0 Å².